The van der Waals surface area contributed by atoms with E-state index in [1.165, 1.54) is 19.1 Å². The quantitative estimate of drug-likeness (QED) is 0.810. The second-order valence-corrected chi connectivity index (χ2v) is 9.86. The van der Waals surface area contributed by atoms with Gasteiger partial charge in [0.2, 0.25) is 15.9 Å². The zero-order valence-electron chi connectivity index (χ0n) is 15.0. The molecule has 1 aliphatic rings. The molecule has 1 aromatic rings. The normalized spacial score (nSPS) is 22.9. The van der Waals surface area contributed by atoms with E-state index in [9.17, 15) is 17.6 Å². The zero-order chi connectivity index (χ0) is 19.8. The monoisotopic (exact) mass is 400 g/mol. The first-order valence-electron chi connectivity index (χ1n) is 8.01. The van der Waals surface area contributed by atoms with Gasteiger partial charge in [0.25, 0.3) is 0 Å². The lowest BCUT2D eigenvalue weighted by Crippen LogP contribution is -2.57. The maximum absolute atomic E-state index is 13.2. The van der Waals surface area contributed by atoms with Crippen LogP contribution in [0.2, 0.25) is 5.02 Å². The fraction of sp³-hybridized carbons (Fsp3) is 0.389. The molecule has 0 aromatic heterocycles. The van der Waals surface area contributed by atoms with E-state index in [1.807, 2.05) is 0 Å². The first-order chi connectivity index (χ1) is 11.9. The average molecular weight is 401 g/mol. The highest BCUT2D eigenvalue weighted by Gasteiger charge is 2.46. The van der Waals surface area contributed by atoms with Crippen molar-refractivity contribution < 1.29 is 17.6 Å². The number of sulfonamides is 1. The Hall–Kier alpha value is -1.86. The minimum atomic E-state index is -4.02. The van der Waals surface area contributed by atoms with Crippen LogP contribution in [0.3, 0.4) is 0 Å². The number of halogens is 2. The number of anilines is 1. The van der Waals surface area contributed by atoms with Crippen LogP contribution in [0.15, 0.2) is 42.5 Å². The molecule has 0 bridgehead atoms. The fourth-order valence-electron chi connectivity index (χ4n) is 2.35. The summed E-state index contributed by atoms with van der Waals surface area (Å²) in [5, 5.41) is 2.72. The summed E-state index contributed by atoms with van der Waals surface area (Å²) < 4.78 is 40.3. The van der Waals surface area contributed by atoms with Crippen LogP contribution < -0.4 is 10.0 Å². The standard InChI is InChI=1S/C18H22ClFN2O3S/c1-17(2,3)16(23)21-15-7-5-6-10-18(15,4)26(24,25)22-14-9-8-12(20)11-13(14)19/h5-11,15,22H,1-4H3,(H,21,23). The van der Waals surface area contributed by atoms with E-state index < -0.39 is 32.0 Å². The number of nitrogens with one attached hydrogen (secondary N) is 2. The van der Waals surface area contributed by atoms with Gasteiger partial charge in [0.1, 0.15) is 10.6 Å². The van der Waals surface area contributed by atoms with E-state index in [0.29, 0.717) is 0 Å². The average Bonchev–Trinajstić information content (AvgIpc) is 2.51. The molecule has 5 nitrogen and oxygen atoms in total. The van der Waals surface area contributed by atoms with Crippen molar-refractivity contribution in [2.45, 2.75) is 38.5 Å². The molecule has 0 fully saturated rings. The zero-order valence-corrected chi connectivity index (χ0v) is 16.6. The Kier molecular flexibility index (Phi) is 5.54. The van der Waals surface area contributed by atoms with Crippen molar-refractivity contribution in [1.82, 2.24) is 5.32 Å². The Morgan fingerprint density at radius 3 is 2.50 bits per heavy atom. The predicted octanol–water partition coefficient (Wildman–Crippen LogP) is 3.64. The first-order valence-corrected chi connectivity index (χ1v) is 9.87. The molecule has 1 aliphatic carbocycles. The Bertz CT molecular complexity index is 875. The maximum Gasteiger partial charge on any atom is 0.244 e. The summed E-state index contributed by atoms with van der Waals surface area (Å²) in [5.74, 6) is -0.844. The highest BCUT2D eigenvalue weighted by molar-refractivity contribution is 7.94. The molecule has 0 aliphatic heterocycles. The van der Waals surface area contributed by atoms with E-state index in [4.69, 9.17) is 11.6 Å². The Balaban J connectivity index is 2.36. The van der Waals surface area contributed by atoms with Crippen LogP contribution in [0.4, 0.5) is 10.1 Å². The first kappa shape index (κ1) is 20.5. The van der Waals surface area contributed by atoms with Gasteiger partial charge < -0.3 is 5.32 Å². The molecule has 2 atom stereocenters. The van der Waals surface area contributed by atoms with Crippen LogP contribution in [0.25, 0.3) is 0 Å². The topological polar surface area (TPSA) is 75.3 Å². The molecule has 0 spiro atoms. The van der Waals surface area contributed by atoms with Crippen molar-refractivity contribution >= 4 is 33.2 Å². The van der Waals surface area contributed by atoms with Gasteiger partial charge in [-0.1, -0.05) is 56.7 Å². The predicted molar refractivity (Wildman–Crippen MR) is 102 cm³/mol. The summed E-state index contributed by atoms with van der Waals surface area (Å²) in [4.78, 5) is 12.4. The van der Waals surface area contributed by atoms with Crippen LogP contribution in [0.5, 0.6) is 0 Å². The molecule has 2 rings (SSSR count). The molecule has 2 unspecified atom stereocenters. The molecule has 142 valence electrons. The lowest BCUT2D eigenvalue weighted by Gasteiger charge is -2.36. The summed E-state index contributed by atoms with van der Waals surface area (Å²) in [6.07, 6.45) is 6.40. The van der Waals surface area contributed by atoms with Gasteiger partial charge in [0.15, 0.2) is 0 Å². The van der Waals surface area contributed by atoms with Crippen LogP contribution in [-0.2, 0) is 14.8 Å². The minimum absolute atomic E-state index is 0.0530. The third-order valence-electron chi connectivity index (χ3n) is 4.18. The number of rotatable bonds is 4. The third-order valence-corrected chi connectivity index (χ3v) is 6.53. The molecule has 0 saturated carbocycles. The second kappa shape index (κ2) is 7.04. The van der Waals surface area contributed by atoms with Gasteiger partial charge in [-0.25, -0.2) is 12.8 Å². The highest BCUT2D eigenvalue weighted by Crippen LogP contribution is 2.32. The summed E-state index contributed by atoms with van der Waals surface area (Å²) in [6, 6.07) is 2.61. The maximum atomic E-state index is 13.2. The third kappa shape index (κ3) is 4.10. The summed E-state index contributed by atoms with van der Waals surface area (Å²) in [7, 11) is -4.02. The Morgan fingerprint density at radius 1 is 1.27 bits per heavy atom. The summed E-state index contributed by atoms with van der Waals surface area (Å²) in [5.41, 5.74) is -0.606. The van der Waals surface area contributed by atoms with Crippen molar-refractivity contribution in [1.29, 1.82) is 0 Å². The van der Waals surface area contributed by atoms with Gasteiger partial charge in [-0.15, -0.1) is 0 Å². The molecule has 2 N–H and O–H groups in total. The molecule has 1 amide bonds. The van der Waals surface area contributed by atoms with E-state index in [2.05, 4.69) is 10.0 Å². The summed E-state index contributed by atoms with van der Waals surface area (Å²) >= 11 is 5.93. The number of amides is 1. The van der Waals surface area contributed by atoms with Crippen molar-refractivity contribution in [3.05, 3.63) is 53.3 Å². The number of hydrogen-bond acceptors (Lipinski definition) is 3. The van der Waals surface area contributed by atoms with Gasteiger partial charge in [0, 0.05) is 5.41 Å². The van der Waals surface area contributed by atoms with Crippen LogP contribution in [0.1, 0.15) is 27.7 Å². The van der Waals surface area contributed by atoms with E-state index >= 15 is 0 Å². The number of carbonyl (C=O) groups excluding carboxylic acids is 1. The molecule has 8 heteroatoms. The minimum Gasteiger partial charge on any atom is -0.347 e. The van der Waals surface area contributed by atoms with Crippen molar-refractivity contribution in [2.24, 2.45) is 5.41 Å². The van der Waals surface area contributed by atoms with Crippen LogP contribution >= 0.6 is 11.6 Å². The largest absolute Gasteiger partial charge is 0.347 e. The number of carbonyl (C=O) groups is 1. The lowest BCUT2D eigenvalue weighted by molar-refractivity contribution is -0.129. The van der Waals surface area contributed by atoms with Gasteiger partial charge in [-0.3, -0.25) is 9.52 Å². The van der Waals surface area contributed by atoms with Crippen molar-refractivity contribution in [3.63, 3.8) is 0 Å². The van der Waals surface area contributed by atoms with Gasteiger partial charge in [-0.05, 0) is 25.1 Å². The van der Waals surface area contributed by atoms with Crippen LogP contribution in [0, 0.1) is 11.2 Å². The van der Waals surface area contributed by atoms with E-state index in [1.54, 1.807) is 39.0 Å². The van der Waals surface area contributed by atoms with Crippen LogP contribution in [-0.4, -0.2) is 25.1 Å². The molecular weight excluding hydrogens is 379 g/mol. The van der Waals surface area contributed by atoms with Crippen molar-refractivity contribution in [3.8, 4) is 0 Å². The molecule has 26 heavy (non-hydrogen) atoms. The van der Waals surface area contributed by atoms with Gasteiger partial charge in [0.05, 0.1) is 16.8 Å². The Labute approximate surface area is 158 Å². The molecule has 0 radical (unpaired) electrons. The van der Waals surface area contributed by atoms with Gasteiger partial charge in [-0.2, -0.15) is 0 Å². The molecule has 0 saturated heterocycles. The second-order valence-electron chi connectivity index (χ2n) is 7.36. The molecule has 1 aromatic carbocycles. The van der Waals surface area contributed by atoms with Crippen molar-refractivity contribution in [2.75, 3.05) is 4.72 Å². The molecule has 0 heterocycles. The smallest absolute Gasteiger partial charge is 0.244 e. The highest BCUT2D eigenvalue weighted by atomic mass is 35.5. The molecular formula is C18H22ClFN2O3S. The van der Waals surface area contributed by atoms with E-state index in [0.717, 1.165) is 12.1 Å². The fourth-order valence-corrected chi connectivity index (χ4v) is 4.04. The Morgan fingerprint density at radius 2 is 1.92 bits per heavy atom. The van der Waals surface area contributed by atoms with E-state index in [-0.39, 0.29) is 16.6 Å². The van der Waals surface area contributed by atoms with Gasteiger partial charge >= 0.3 is 0 Å². The SMILES string of the molecule is CC(C)(C)C(=O)NC1C=CC=CC1(C)S(=O)(=O)Nc1ccc(F)cc1Cl. The summed E-state index contributed by atoms with van der Waals surface area (Å²) in [6.45, 7) is 6.73. The number of allylic oxidation sites excluding steroid dienone is 2. The lowest BCUT2D eigenvalue weighted by atomic mass is 9.91. The number of benzene rings is 1. The number of hydrogen-bond donors (Lipinski definition) is 2.